The van der Waals surface area contributed by atoms with Crippen molar-refractivity contribution in [1.82, 2.24) is 15.2 Å². The molecule has 1 aliphatic heterocycles. The van der Waals surface area contributed by atoms with E-state index in [0.717, 1.165) is 49.4 Å². The van der Waals surface area contributed by atoms with Gasteiger partial charge in [-0.25, -0.2) is 4.79 Å². The zero-order chi connectivity index (χ0) is 15.4. The fraction of sp³-hybridized carbons (Fsp3) is 0.438. The molecule has 0 bridgehead atoms. The molecule has 0 radical (unpaired) electrons. The molecular formula is C16H21N3O3. The molecule has 22 heavy (non-hydrogen) atoms. The Balaban J connectivity index is 1.60. The maximum atomic E-state index is 11.5. The highest BCUT2D eigenvalue weighted by Gasteiger charge is 2.11. The van der Waals surface area contributed by atoms with Crippen molar-refractivity contribution in [2.75, 3.05) is 46.4 Å². The Labute approximate surface area is 129 Å². The van der Waals surface area contributed by atoms with Crippen molar-refractivity contribution in [2.24, 2.45) is 0 Å². The minimum atomic E-state index is -0.364. The highest BCUT2D eigenvalue weighted by Crippen LogP contribution is 2.21. The number of H-pyrrole nitrogens is 1. The second kappa shape index (κ2) is 6.81. The smallest absolute Gasteiger partial charge is 0.354 e. The number of hydrogen-bond donors (Lipinski definition) is 2. The monoisotopic (exact) mass is 303 g/mol. The molecule has 6 heteroatoms. The van der Waals surface area contributed by atoms with Crippen molar-refractivity contribution < 1.29 is 14.3 Å². The van der Waals surface area contributed by atoms with Gasteiger partial charge in [-0.3, -0.25) is 4.90 Å². The van der Waals surface area contributed by atoms with Gasteiger partial charge < -0.3 is 19.8 Å². The minimum Gasteiger partial charge on any atom is -0.492 e. The van der Waals surface area contributed by atoms with Gasteiger partial charge in [0.15, 0.2) is 0 Å². The van der Waals surface area contributed by atoms with E-state index < -0.39 is 0 Å². The second-order valence-electron chi connectivity index (χ2n) is 5.36. The molecule has 0 amide bonds. The number of nitrogens with zero attached hydrogens (tertiary/aromatic N) is 1. The summed E-state index contributed by atoms with van der Waals surface area (Å²) in [4.78, 5) is 17.0. The molecule has 0 spiro atoms. The number of piperazine rings is 1. The number of rotatable bonds is 5. The zero-order valence-electron chi connectivity index (χ0n) is 12.7. The molecule has 2 N–H and O–H groups in total. The van der Waals surface area contributed by atoms with Gasteiger partial charge in [0.2, 0.25) is 0 Å². The molecule has 2 heterocycles. The summed E-state index contributed by atoms with van der Waals surface area (Å²) < 4.78 is 10.5. The average molecular weight is 303 g/mol. The van der Waals surface area contributed by atoms with Gasteiger partial charge in [-0.1, -0.05) is 0 Å². The van der Waals surface area contributed by atoms with Gasteiger partial charge in [-0.2, -0.15) is 0 Å². The number of aromatic nitrogens is 1. The van der Waals surface area contributed by atoms with E-state index in [0.29, 0.717) is 12.3 Å². The number of carbonyl (C=O) groups excluding carboxylic acids is 1. The van der Waals surface area contributed by atoms with E-state index in [1.807, 2.05) is 18.2 Å². The van der Waals surface area contributed by atoms with Crippen molar-refractivity contribution in [3.63, 3.8) is 0 Å². The number of methoxy groups -OCH3 is 1. The van der Waals surface area contributed by atoms with Gasteiger partial charge in [-0.15, -0.1) is 0 Å². The molecule has 1 saturated heterocycles. The Morgan fingerprint density at radius 3 is 2.86 bits per heavy atom. The molecule has 0 aliphatic carbocycles. The summed E-state index contributed by atoms with van der Waals surface area (Å²) in [6.45, 7) is 5.83. The minimum absolute atomic E-state index is 0.364. The van der Waals surface area contributed by atoms with Gasteiger partial charge >= 0.3 is 5.97 Å². The quantitative estimate of drug-likeness (QED) is 0.814. The Morgan fingerprint density at radius 2 is 2.09 bits per heavy atom. The number of nitrogens with one attached hydrogen (secondary N) is 2. The molecule has 1 fully saturated rings. The topological polar surface area (TPSA) is 66.6 Å². The predicted molar refractivity (Wildman–Crippen MR) is 84.4 cm³/mol. The Hall–Kier alpha value is -2.05. The van der Waals surface area contributed by atoms with Gasteiger partial charge in [0.25, 0.3) is 0 Å². The van der Waals surface area contributed by atoms with E-state index in [1.54, 1.807) is 6.07 Å². The van der Waals surface area contributed by atoms with Gasteiger partial charge in [0.1, 0.15) is 18.1 Å². The standard InChI is InChI=1S/C16H21N3O3/c1-21-16(20)15-10-12-2-3-13(11-14(12)18-15)22-9-8-19-6-4-17-5-7-19/h2-3,10-11,17-18H,4-9H2,1H3. The Bertz CT molecular complexity index is 647. The van der Waals surface area contributed by atoms with E-state index in [2.05, 4.69) is 15.2 Å². The van der Waals surface area contributed by atoms with Crippen molar-refractivity contribution in [1.29, 1.82) is 0 Å². The van der Waals surface area contributed by atoms with Crippen LogP contribution in [0.2, 0.25) is 0 Å². The zero-order valence-corrected chi connectivity index (χ0v) is 12.7. The maximum Gasteiger partial charge on any atom is 0.354 e. The van der Waals surface area contributed by atoms with Crippen molar-refractivity contribution in [2.45, 2.75) is 0 Å². The Kier molecular flexibility index (Phi) is 4.60. The molecule has 6 nitrogen and oxygen atoms in total. The highest BCUT2D eigenvalue weighted by molar-refractivity contribution is 5.95. The fourth-order valence-corrected chi connectivity index (χ4v) is 2.64. The third-order valence-electron chi connectivity index (χ3n) is 3.89. The van der Waals surface area contributed by atoms with Crippen molar-refractivity contribution in [3.05, 3.63) is 30.0 Å². The number of ether oxygens (including phenoxy) is 2. The van der Waals surface area contributed by atoms with Crippen molar-refractivity contribution in [3.8, 4) is 5.75 Å². The third-order valence-corrected chi connectivity index (χ3v) is 3.89. The molecule has 3 rings (SSSR count). The lowest BCUT2D eigenvalue weighted by molar-refractivity contribution is 0.0595. The van der Waals surface area contributed by atoms with Crippen LogP contribution in [0.4, 0.5) is 0 Å². The SMILES string of the molecule is COC(=O)c1cc2ccc(OCCN3CCNCC3)cc2[nH]1. The summed E-state index contributed by atoms with van der Waals surface area (Å²) in [5.41, 5.74) is 1.33. The lowest BCUT2D eigenvalue weighted by atomic mass is 10.2. The number of fused-ring (bicyclic) bond motifs is 1. The van der Waals surface area contributed by atoms with Gasteiger partial charge in [-0.05, 0) is 18.2 Å². The first-order chi connectivity index (χ1) is 10.8. The molecule has 0 saturated carbocycles. The molecule has 0 atom stereocenters. The largest absolute Gasteiger partial charge is 0.492 e. The summed E-state index contributed by atoms with van der Waals surface area (Å²) in [5, 5.41) is 4.30. The number of carbonyl (C=O) groups is 1. The normalized spacial score (nSPS) is 15.9. The number of esters is 1. The number of aromatic amines is 1. The van der Waals surface area contributed by atoms with Crippen LogP contribution in [-0.2, 0) is 4.74 Å². The predicted octanol–water partition coefficient (Wildman–Crippen LogP) is 1.24. The first-order valence-corrected chi connectivity index (χ1v) is 7.53. The molecule has 1 aromatic heterocycles. The van der Waals surface area contributed by atoms with E-state index in [9.17, 15) is 4.79 Å². The van der Waals surface area contributed by atoms with Crippen LogP contribution in [0.3, 0.4) is 0 Å². The van der Waals surface area contributed by atoms with Crippen LogP contribution in [0.5, 0.6) is 5.75 Å². The summed E-state index contributed by atoms with van der Waals surface area (Å²) in [5.74, 6) is 0.443. The van der Waals surface area contributed by atoms with E-state index in [4.69, 9.17) is 9.47 Å². The lowest BCUT2D eigenvalue weighted by Gasteiger charge is -2.26. The molecular weight excluding hydrogens is 282 g/mol. The van der Waals surface area contributed by atoms with Crippen LogP contribution in [0.25, 0.3) is 10.9 Å². The van der Waals surface area contributed by atoms with Gasteiger partial charge in [0.05, 0.1) is 7.11 Å². The van der Waals surface area contributed by atoms with E-state index >= 15 is 0 Å². The van der Waals surface area contributed by atoms with Crippen LogP contribution in [-0.4, -0.2) is 62.3 Å². The fourth-order valence-electron chi connectivity index (χ4n) is 2.64. The number of benzene rings is 1. The van der Waals surface area contributed by atoms with Crippen LogP contribution in [0.1, 0.15) is 10.5 Å². The molecule has 1 aliphatic rings. The summed E-state index contributed by atoms with van der Waals surface area (Å²) >= 11 is 0. The first kappa shape index (κ1) is 14.9. The molecule has 1 aromatic carbocycles. The van der Waals surface area contributed by atoms with Crippen LogP contribution < -0.4 is 10.1 Å². The van der Waals surface area contributed by atoms with Crippen LogP contribution in [0, 0.1) is 0 Å². The average Bonchev–Trinajstić information content (AvgIpc) is 2.98. The first-order valence-electron chi connectivity index (χ1n) is 7.53. The molecule has 2 aromatic rings. The molecule has 118 valence electrons. The lowest BCUT2D eigenvalue weighted by Crippen LogP contribution is -2.44. The number of hydrogen-bond acceptors (Lipinski definition) is 5. The van der Waals surface area contributed by atoms with E-state index in [1.165, 1.54) is 7.11 Å². The Morgan fingerprint density at radius 1 is 1.27 bits per heavy atom. The summed E-state index contributed by atoms with van der Waals surface area (Å²) in [6, 6.07) is 7.57. The maximum absolute atomic E-state index is 11.5. The third kappa shape index (κ3) is 3.40. The molecule has 0 unspecified atom stereocenters. The summed E-state index contributed by atoms with van der Waals surface area (Å²) in [7, 11) is 1.37. The highest BCUT2D eigenvalue weighted by atomic mass is 16.5. The van der Waals surface area contributed by atoms with Gasteiger partial charge in [0, 0.05) is 49.7 Å². The van der Waals surface area contributed by atoms with Crippen LogP contribution in [0.15, 0.2) is 24.3 Å². The van der Waals surface area contributed by atoms with E-state index in [-0.39, 0.29) is 5.97 Å². The van der Waals surface area contributed by atoms with Crippen LogP contribution >= 0.6 is 0 Å². The second-order valence-corrected chi connectivity index (χ2v) is 5.36. The summed E-state index contributed by atoms with van der Waals surface area (Å²) in [6.07, 6.45) is 0. The van der Waals surface area contributed by atoms with Crippen molar-refractivity contribution >= 4 is 16.9 Å².